The molecule has 0 bridgehead atoms. The summed E-state index contributed by atoms with van der Waals surface area (Å²) in [5, 5.41) is 0.403. The number of halogens is 1. The zero-order chi connectivity index (χ0) is 12.3. The van der Waals surface area contributed by atoms with Crippen LogP contribution in [0.5, 0.6) is 0 Å². The van der Waals surface area contributed by atoms with Gasteiger partial charge in [-0.2, -0.15) is 0 Å². The zero-order valence-corrected chi connectivity index (χ0v) is 10.4. The Morgan fingerprint density at radius 1 is 1.65 bits per heavy atom. The fourth-order valence-electron chi connectivity index (χ4n) is 1.78. The Hall–Kier alpha value is -1.20. The predicted octanol–water partition coefficient (Wildman–Crippen LogP) is 1.31. The minimum absolute atomic E-state index is 0.120. The van der Waals surface area contributed by atoms with Crippen molar-refractivity contribution in [3.05, 3.63) is 17.5 Å². The third kappa shape index (κ3) is 2.92. The molecule has 0 aliphatic carbocycles. The molecule has 17 heavy (non-hydrogen) atoms. The van der Waals surface area contributed by atoms with Gasteiger partial charge in [-0.05, 0) is 0 Å². The van der Waals surface area contributed by atoms with Crippen LogP contribution in [0.2, 0.25) is 5.15 Å². The molecule has 0 unspecified atom stereocenters. The molecule has 1 aromatic rings. The number of ether oxygens (including phenoxy) is 1. The molecule has 1 aromatic heterocycles. The van der Waals surface area contributed by atoms with Crippen molar-refractivity contribution in [2.75, 3.05) is 24.6 Å². The summed E-state index contributed by atoms with van der Waals surface area (Å²) in [4.78, 5) is 21.6. The van der Waals surface area contributed by atoms with Gasteiger partial charge in [0.25, 0.3) is 0 Å². The summed E-state index contributed by atoms with van der Waals surface area (Å²) < 4.78 is 5.44. The van der Waals surface area contributed by atoms with Gasteiger partial charge in [-0.3, -0.25) is 4.79 Å². The normalized spacial score (nSPS) is 20.4. The van der Waals surface area contributed by atoms with Gasteiger partial charge in [0.2, 0.25) is 0 Å². The molecule has 92 valence electrons. The van der Waals surface area contributed by atoms with E-state index in [1.54, 1.807) is 6.07 Å². The van der Waals surface area contributed by atoms with Crippen LogP contribution >= 0.6 is 11.6 Å². The predicted molar refractivity (Wildman–Crippen MR) is 64.3 cm³/mol. The summed E-state index contributed by atoms with van der Waals surface area (Å²) in [5.41, 5.74) is 0. The van der Waals surface area contributed by atoms with Crippen LogP contribution in [0.1, 0.15) is 13.3 Å². The molecular formula is C11H14ClN3O2. The first-order valence-corrected chi connectivity index (χ1v) is 5.95. The lowest BCUT2D eigenvalue weighted by Gasteiger charge is -2.32. The maximum absolute atomic E-state index is 11.6. The third-order valence-corrected chi connectivity index (χ3v) is 2.92. The van der Waals surface area contributed by atoms with Crippen molar-refractivity contribution in [1.29, 1.82) is 0 Å². The molecule has 2 rings (SSSR count). The Labute approximate surface area is 105 Å². The van der Waals surface area contributed by atoms with Gasteiger partial charge in [0, 0.05) is 19.0 Å². The van der Waals surface area contributed by atoms with Gasteiger partial charge in [0.15, 0.2) is 5.78 Å². The number of anilines is 1. The van der Waals surface area contributed by atoms with Crippen molar-refractivity contribution in [2.45, 2.75) is 19.4 Å². The molecule has 1 atom stereocenters. The van der Waals surface area contributed by atoms with E-state index in [4.69, 9.17) is 16.3 Å². The summed E-state index contributed by atoms with van der Waals surface area (Å²) in [6, 6.07) is 1.69. The maximum Gasteiger partial charge on any atom is 0.163 e. The highest BCUT2D eigenvalue weighted by molar-refractivity contribution is 6.29. The second-order valence-corrected chi connectivity index (χ2v) is 4.21. The summed E-state index contributed by atoms with van der Waals surface area (Å²) in [5.74, 6) is 0.858. The number of nitrogens with zero attached hydrogens (tertiary/aromatic N) is 3. The second-order valence-electron chi connectivity index (χ2n) is 3.82. The van der Waals surface area contributed by atoms with Crippen LogP contribution < -0.4 is 4.90 Å². The lowest BCUT2D eigenvalue weighted by atomic mass is 10.1. The highest BCUT2D eigenvalue weighted by atomic mass is 35.5. The monoisotopic (exact) mass is 255 g/mol. The van der Waals surface area contributed by atoms with Crippen molar-refractivity contribution in [1.82, 2.24) is 9.97 Å². The molecule has 0 saturated carbocycles. The number of hydrogen-bond donors (Lipinski definition) is 0. The maximum atomic E-state index is 11.6. The van der Waals surface area contributed by atoms with Gasteiger partial charge in [0.05, 0.1) is 13.2 Å². The Balaban J connectivity index is 2.09. The lowest BCUT2D eigenvalue weighted by Crippen LogP contribution is -2.46. The summed E-state index contributed by atoms with van der Waals surface area (Å²) in [7, 11) is 0. The fourth-order valence-corrected chi connectivity index (χ4v) is 1.92. The van der Waals surface area contributed by atoms with Crippen molar-refractivity contribution >= 4 is 23.2 Å². The minimum atomic E-state index is -0.359. The molecule has 1 aliphatic heterocycles. The van der Waals surface area contributed by atoms with E-state index < -0.39 is 0 Å². The van der Waals surface area contributed by atoms with E-state index in [2.05, 4.69) is 9.97 Å². The summed E-state index contributed by atoms with van der Waals surface area (Å²) in [6.07, 6.45) is 1.55. The van der Waals surface area contributed by atoms with E-state index in [0.29, 0.717) is 31.3 Å². The van der Waals surface area contributed by atoms with E-state index in [1.807, 2.05) is 11.8 Å². The number of carbonyl (C=O) groups is 1. The molecule has 0 aromatic carbocycles. The molecule has 0 radical (unpaired) electrons. The molecule has 1 saturated heterocycles. The van der Waals surface area contributed by atoms with Gasteiger partial charge >= 0.3 is 0 Å². The molecular weight excluding hydrogens is 242 g/mol. The Morgan fingerprint density at radius 2 is 2.47 bits per heavy atom. The van der Waals surface area contributed by atoms with Crippen molar-refractivity contribution in [2.24, 2.45) is 0 Å². The molecule has 1 aliphatic rings. The first-order chi connectivity index (χ1) is 8.20. The van der Waals surface area contributed by atoms with Crippen molar-refractivity contribution in [3.8, 4) is 0 Å². The molecule has 2 heterocycles. The summed E-state index contributed by atoms with van der Waals surface area (Å²) >= 11 is 5.81. The van der Waals surface area contributed by atoms with E-state index in [9.17, 15) is 4.79 Å². The quantitative estimate of drug-likeness (QED) is 0.763. The molecule has 0 spiro atoms. The number of ketones is 1. The Kier molecular flexibility index (Phi) is 3.91. The van der Waals surface area contributed by atoms with E-state index >= 15 is 0 Å². The fraction of sp³-hybridized carbons (Fsp3) is 0.545. The number of carbonyl (C=O) groups excluding carboxylic acids is 1. The van der Waals surface area contributed by atoms with Crippen LogP contribution in [0, 0.1) is 0 Å². The van der Waals surface area contributed by atoms with Crippen LogP contribution in [0.15, 0.2) is 12.4 Å². The van der Waals surface area contributed by atoms with Gasteiger partial charge in [-0.1, -0.05) is 18.5 Å². The second kappa shape index (κ2) is 5.42. The van der Waals surface area contributed by atoms with Gasteiger partial charge < -0.3 is 9.64 Å². The highest BCUT2D eigenvalue weighted by Gasteiger charge is 2.26. The average molecular weight is 256 g/mol. The Morgan fingerprint density at radius 3 is 3.18 bits per heavy atom. The lowest BCUT2D eigenvalue weighted by molar-refractivity contribution is -0.130. The molecule has 0 N–H and O–H groups in total. The first-order valence-electron chi connectivity index (χ1n) is 5.57. The first kappa shape index (κ1) is 12.3. The molecule has 6 heteroatoms. The van der Waals surface area contributed by atoms with Gasteiger partial charge in [-0.25, -0.2) is 9.97 Å². The number of aromatic nitrogens is 2. The number of Topliss-reactive ketones (excluding diaryl/α,β-unsaturated/α-hetero) is 1. The van der Waals surface area contributed by atoms with Crippen LogP contribution in [-0.4, -0.2) is 41.6 Å². The minimum Gasteiger partial charge on any atom is -0.367 e. The van der Waals surface area contributed by atoms with Crippen LogP contribution in [0.4, 0.5) is 5.82 Å². The topological polar surface area (TPSA) is 55.3 Å². The van der Waals surface area contributed by atoms with E-state index in [1.165, 1.54) is 6.33 Å². The van der Waals surface area contributed by atoms with E-state index in [0.717, 1.165) is 5.82 Å². The Bertz CT molecular complexity index is 413. The highest BCUT2D eigenvalue weighted by Crippen LogP contribution is 2.18. The number of hydrogen-bond acceptors (Lipinski definition) is 5. The van der Waals surface area contributed by atoms with Gasteiger partial charge in [0.1, 0.15) is 23.4 Å². The van der Waals surface area contributed by atoms with Crippen LogP contribution in [-0.2, 0) is 9.53 Å². The van der Waals surface area contributed by atoms with E-state index in [-0.39, 0.29) is 11.9 Å². The van der Waals surface area contributed by atoms with Crippen molar-refractivity contribution < 1.29 is 9.53 Å². The smallest absolute Gasteiger partial charge is 0.163 e. The summed E-state index contributed by atoms with van der Waals surface area (Å²) in [6.45, 7) is 3.60. The number of morpholine rings is 1. The number of rotatable bonds is 3. The third-order valence-electron chi connectivity index (χ3n) is 2.72. The zero-order valence-electron chi connectivity index (χ0n) is 9.60. The largest absolute Gasteiger partial charge is 0.367 e. The van der Waals surface area contributed by atoms with Crippen LogP contribution in [0.3, 0.4) is 0 Å². The molecule has 0 amide bonds. The SMILES string of the molecule is CCC(=O)[C@@H]1CN(c2cc(Cl)ncn2)CCO1. The molecule has 1 fully saturated rings. The standard InChI is InChI=1S/C11H14ClN3O2/c1-2-8(16)9-6-15(3-4-17-9)11-5-10(12)13-7-14-11/h5,7,9H,2-4,6H2,1H3/t9-/m0/s1. The molecule has 5 nitrogen and oxygen atoms in total. The van der Waals surface area contributed by atoms with Gasteiger partial charge in [-0.15, -0.1) is 0 Å². The van der Waals surface area contributed by atoms with Crippen molar-refractivity contribution in [3.63, 3.8) is 0 Å². The van der Waals surface area contributed by atoms with Crippen LogP contribution in [0.25, 0.3) is 0 Å². The average Bonchev–Trinajstić information content (AvgIpc) is 2.38.